The maximum absolute atomic E-state index is 12.6. The highest BCUT2D eigenvalue weighted by Crippen LogP contribution is 2.06. The van der Waals surface area contributed by atoms with E-state index in [1.165, 1.54) is 0 Å². The molecule has 0 radical (unpaired) electrons. The van der Waals surface area contributed by atoms with Gasteiger partial charge >= 0.3 is 18.0 Å². The maximum Gasteiger partial charge on any atom is 0.408 e. The molecule has 11 heteroatoms. The first-order chi connectivity index (χ1) is 15.1. The number of rotatable bonds is 14. The molecule has 0 saturated heterocycles. The van der Waals surface area contributed by atoms with Gasteiger partial charge in [-0.25, -0.2) is 9.59 Å². The van der Waals surface area contributed by atoms with E-state index in [1.807, 2.05) is 12.5 Å². The van der Waals surface area contributed by atoms with Crippen molar-refractivity contribution < 1.29 is 38.9 Å². The molecule has 1 aromatic carbocycles. The number of Topliss-reactive ketones (excluding diaryl/α,β-unsaturated/α-hetero) is 1. The number of amides is 2. The summed E-state index contributed by atoms with van der Waals surface area (Å²) >= 11 is 0. The molecular formula is C21H29N2O8S+. The lowest BCUT2D eigenvalue weighted by Gasteiger charge is -2.21. The lowest BCUT2D eigenvalue weighted by Crippen LogP contribution is -2.52. The van der Waals surface area contributed by atoms with Crippen LogP contribution in [0.5, 0.6) is 0 Å². The Morgan fingerprint density at radius 1 is 0.938 bits per heavy atom. The van der Waals surface area contributed by atoms with Gasteiger partial charge in [-0.2, -0.15) is 0 Å². The number of aliphatic carboxylic acids is 2. The van der Waals surface area contributed by atoms with Crippen LogP contribution in [0.25, 0.3) is 0 Å². The maximum atomic E-state index is 12.6. The Hall–Kier alpha value is -3.08. The van der Waals surface area contributed by atoms with E-state index in [2.05, 4.69) is 10.6 Å². The van der Waals surface area contributed by atoms with Gasteiger partial charge in [-0.15, -0.1) is 0 Å². The Kier molecular flexibility index (Phi) is 11.9. The van der Waals surface area contributed by atoms with Gasteiger partial charge in [0.15, 0.2) is 11.5 Å². The number of carbonyl (C=O) groups excluding carboxylic acids is 3. The van der Waals surface area contributed by atoms with Crippen molar-refractivity contribution in [3.63, 3.8) is 0 Å². The molecule has 2 unspecified atom stereocenters. The van der Waals surface area contributed by atoms with E-state index in [4.69, 9.17) is 9.84 Å². The van der Waals surface area contributed by atoms with Gasteiger partial charge in [-0.3, -0.25) is 14.4 Å². The molecule has 2 amide bonds. The van der Waals surface area contributed by atoms with E-state index >= 15 is 0 Å². The first-order valence-electron chi connectivity index (χ1n) is 9.86. The van der Waals surface area contributed by atoms with Crippen LogP contribution in [0, 0.1) is 0 Å². The molecule has 0 saturated carbocycles. The molecule has 2 atom stereocenters. The minimum Gasteiger partial charge on any atom is -0.481 e. The second-order valence-electron chi connectivity index (χ2n) is 7.30. The van der Waals surface area contributed by atoms with E-state index in [1.54, 1.807) is 30.3 Å². The van der Waals surface area contributed by atoms with Crippen LogP contribution in [-0.2, 0) is 41.4 Å². The van der Waals surface area contributed by atoms with Crippen molar-refractivity contribution in [1.29, 1.82) is 0 Å². The summed E-state index contributed by atoms with van der Waals surface area (Å²) in [5.74, 6) is -3.16. The van der Waals surface area contributed by atoms with Gasteiger partial charge < -0.3 is 25.6 Å². The first kappa shape index (κ1) is 27.0. The van der Waals surface area contributed by atoms with Crippen LogP contribution in [0.1, 0.15) is 31.2 Å². The summed E-state index contributed by atoms with van der Waals surface area (Å²) in [4.78, 5) is 59.0. The summed E-state index contributed by atoms with van der Waals surface area (Å²) in [6, 6.07) is 6.13. The molecule has 4 N–H and O–H groups in total. The number of hydrogen-bond donors (Lipinski definition) is 4. The van der Waals surface area contributed by atoms with Crippen LogP contribution >= 0.6 is 0 Å². The number of nitrogens with one attached hydrogen (secondary N) is 2. The molecular weight excluding hydrogens is 440 g/mol. The average molecular weight is 470 g/mol. The van der Waals surface area contributed by atoms with Gasteiger partial charge in [-0.05, 0) is 29.3 Å². The molecule has 0 aliphatic rings. The van der Waals surface area contributed by atoms with E-state index < -0.39 is 42.4 Å². The highest BCUT2D eigenvalue weighted by Gasteiger charge is 2.28. The fraction of sp³-hybridized carbons (Fsp3) is 0.476. The number of carboxylic acids is 2. The molecule has 0 bridgehead atoms. The lowest BCUT2D eigenvalue weighted by atomic mass is 10.1. The first-order valence-corrected chi connectivity index (χ1v) is 12.1. The Morgan fingerprint density at radius 2 is 1.56 bits per heavy atom. The topological polar surface area (TPSA) is 159 Å². The van der Waals surface area contributed by atoms with Crippen molar-refractivity contribution in [1.82, 2.24) is 10.6 Å². The van der Waals surface area contributed by atoms with Gasteiger partial charge in [0, 0.05) is 12.8 Å². The molecule has 0 spiro atoms. The molecule has 0 aliphatic heterocycles. The summed E-state index contributed by atoms with van der Waals surface area (Å²) in [5, 5.41) is 22.8. The summed E-state index contributed by atoms with van der Waals surface area (Å²) in [7, 11) is -0.120. The summed E-state index contributed by atoms with van der Waals surface area (Å²) < 4.78 is 5.05. The van der Waals surface area contributed by atoms with Crippen molar-refractivity contribution in [3.05, 3.63) is 35.9 Å². The Bertz CT molecular complexity index is 800. The van der Waals surface area contributed by atoms with Crippen LogP contribution in [0.15, 0.2) is 30.3 Å². The second kappa shape index (κ2) is 14.1. The Labute approximate surface area is 189 Å². The number of benzene rings is 1. The van der Waals surface area contributed by atoms with E-state index in [0.29, 0.717) is 11.3 Å². The van der Waals surface area contributed by atoms with Crippen molar-refractivity contribution in [3.8, 4) is 0 Å². The van der Waals surface area contributed by atoms with E-state index in [0.717, 1.165) is 0 Å². The van der Waals surface area contributed by atoms with Gasteiger partial charge in [0.05, 0.1) is 12.5 Å². The zero-order valence-corrected chi connectivity index (χ0v) is 18.9. The molecule has 1 aromatic rings. The normalized spacial score (nSPS) is 12.5. The van der Waals surface area contributed by atoms with Crippen LogP contribution in [0.2, 0.25) is 0 Å². The summed E-state index contributed by atoms with van der Waals surface area (Å²) in [6.45, 7) is -0.0592. The summed E-state index contributed by atoms with van der Waals surface area (Å²) in [6.07, 6.45) is 2.02. The molecule has 10 nitrogen and oxygen atoms in total. The average Bonchev–Trinajstić information content (AvgIpc) is 2.72. The van der Waals surface area contributed by atoms with Crippen molar-refractivity contribution in [2.24, 2.45) is 0 Å². The summed E-state index contributed by atoms with van der Waals surface area (Å²) in [5.41, 5.74) is 0.715. The third kappa shape index (κ3) is 11.3. The van der Waals surface area contributed by atoms with E-state index in [9.17, 15) is 29.1 Å². The fourth-order valence-corrected chi connectivity index (χ4v) is 3.46. The molecule has 32 heavy (non-hydrogen) atoms. The molecule has 0 fully saturated rings. The molecule has 176 valence electrons. The Morgan fingerprint density at radius 3 is 2.12 bits per heavy atom. The SMILES string of the molecule is C[S+](C)CC(=O)CCC(NC(=O)C(CCC(=O)O)NC(=O)OCc1ccccc1)C(=O)O. The highest BCUT2D eigenvalue weighted by atomic mass is 32.2. The standard InChI is InChI=1S/C21H28N2O8S/c1-32(2)13-15(24)8-9-17(20(28)29)22-19(27)16(10-11-18(25)26)23-21(30)31-12-14-6-4-3-5-7-14/h3-7,16-17H,8-13H2,1-2H3,(H3-,22,23,25,26,27,28,29,30)/p+1. The van der Waals surface area contributed by atoms with Gasteiger partial charge in [0.2, 0.25) is 5.91 Å². The Balaban J connectivity index is 2.71. The zero-order valence-electron chi connectivity index (χ0n) is 18.0. The number of carbonyl (C=O) groups is 5. The predicted octanol–water partition coefficient (Wildman–Crippen LogP) is 0.943. The van der Waals surface area contributed by atoms with Crippen LogP contribution in [0.3, 0.4) is 0 Å². The van der Waals surface area contributed by atoms with Crippen LogP contribution in [-0.4, -0.2) is 70.3 Å². The molecule has 0 heterocycles. The third-order valence-electron chi connectivity index (χ3n) is 4.24. The van der Waals surface area contributed by atoms with E-state index in [-0.39, 0.29) is 42.5 Å². The minimum atomic E-state index is -1.35. The quantitative estimate of drug-likeness (QED) is 0.293. The lowest BCUT2D eigenvalue weighted by molar-refractivity contribution is -0.143. The largest absolute Gasteiger partial charge is 0.481 e. The number of hydrogen-bond acceptors (Lipinski definition) is 6. The highest BCUT2D eigenvalue weighted by molar-refractivity contribution is 7.96. The van der Waals surface area contributed by atoms with Crippen molar-refractivity contribution >= 4 is 40.6 Å². The second-order valence-corrected chi connectivity index (χ2v) is 9.56. The third-order valence-corrected chi connectivity index (χ3v) is 5.14. The van der Waals surface area contributed by atoms with Crippen LogP contribution < -0.4 is 10.6 Å². The van der Waals surface area contributed by atoms with Gasteiger partial charge in [0.25, 0.3) is 0 Å². The van der Waals surface area contributed by atoms with Gasteiger partial charge in [0.1, 0.15) is 18.7 Å². The van der Waals surface area contributed by atoms with Gasteiger partial charge in [-0.1, -0.05) is 30.3 Å². The predicted molar refractivity (Wildman–Crippen MR) is 118 cm³/mol. The molecule has 0 aromatic heterocycles. The van der Waals surface area contributed by atoms with Crippen molar-refractivity contribution in [2.45, 2.75) is 44.4 Å². The number of ether oxygens (including phenoxy) is 1. The zero-order chi connectivity index (χ0) is 24.1. The van der Waals surface area contributed by atoms with Crippen molar-refractivity contribution in [2.75, 3.05) is 18.3 Å². The number of ketones is 1. The monoisotopic (exact) mass is 469 g/mol. The fourth-order valence-electron chi connectivity index (χ4n) is 2.67. The number of carboxylic acid groups (broad SMARTS) is 2. The molecule has 1 rings (SSSR count). The van der Waals surface area contributed by atoms with Crippen LogP contribution in [0.4, 0.5) is 4.79 Å². The smallest absolute Gasteiger partial charge is 0.408 e. The number of alkyl carbamates (subject to hydrolysis) is 1. The minimum absolute atomic E-state index is 0.0191. The molecule has 0 aliphatic carbocycles.